The Morgan fingerprint density at radius 1 is 0.905 bits per heavy atom. The summed E-state index contributed by atoms with van der Waals surface area (Å²) >= 11 is 0. The predicted molar refractivity (Wildman–Crippen MR) is 83.9 cm³/mol. The molecule has 110 valence electrons. The van der Waals surface area contributed by atoms with Gasteiger partial charge in [-0.2, -0.15) is 0 Å². The molecule has 5 nitrogen and oxygen atoms in total. The maximum absolute atomic E-state index is 5.81. The van der Waals surface area contributed by atoms with Crippen LogP contribution < -0.4 is 10.6 Å². The van der Waals surface area contributed by atoms with Gasteiger partial charge in [0.2, 0.25) is 5.95 Å². The average Bonchev–Trinajstić information content (AvgIpc) is 2.57. The van der Waals surface area contributed by atoms with Crippen LogP contribution in [0.1, 0.15) is 11.1 Å². The number of benzene rings is 1. The molecule has 0 spiro atoms. The maximum atomic E-state index is 5.81. The Kier molecular flexibility index (Phi) is 4.43. The standard InChI is InChI=1S/C16H21N5/c17-12-14-4-1-2-5-15(14)13-20-8-10-21(11-9-20)16-18-6-3-7-19-16/h1-7H,8-13,17H2. The monoisotopic (exact) mass is 283 g/mol. The molecular formula is C16H21N5. The topological polar surface area (TPSA) is 58.3 Å². The van der Waals surface area contributed by atoms with Gasteiger partial charge >= 0.3 is 0 Å². The molecule has 0 bridgehead atoms. The van der Waals surface area contributed by atoms with E-state index in [9.17, 15) is 0 Å². The minimum atomic E-state index is 0.605. The van der Waals surface area contributed by atoms with Crippen LogP contribution in [0.15, 0.2) is 42.7 Å². The highest BCUT2D eigenvalue weighted by Gasteiger charge is 2.19. The van der Waals surface area contributed by atoms with Crippen LogP contribution in [0.3, 0.4) is 0 Å². The summed E-state index contributed by atoms with van der Waals surface area (Å²) in [5, 5.41) is 0. The first-order valence-electron chi connectivity index (χ1n) is 7.38. The van der Waals surface area contributed by atoms with Gasteiger partial charge in [-0.25, -0.2) is 9.97 Å². The second kappa shape index (κ2) is 6.65. The van der Waals surface area contributed by atoms with Crippen LogP contribution in [0.4, 0.5) is 5.95 Å². The van der Waals surface area contributed by atoms with Gasteiger partial charge in [0.1, 0.15) is 0 Å². The summed E-state index contributed by atoms with van der Waals surface area (Å²) in [5.41, 5.74) is 8.39. The maximum Gasteiger partial charge on any atom is 0.225 e. The molecule has 1 fully saturated rings. The van der Waals surface area contributed by atoms with Crippen molar-refractivity contribution < 1.29 is 0 Å². The number of aromatic nitrogens is 2. The zero-order valence-electron chi connectivity index (χ0n) is 12.2. The SMILES string of the molecule is NCc1ccccc1CN1CCN(c2ncccn2)CC1. The van der Waals surface area contributed by atoms with Crippen LogP contribution in [0.5, 0.6) is 0 Å². The van der Waals surface area contributed by atoms with E-state index in [1.54, 1.807) is 12.4 Å². The first kappa shape index (κ1) is 14.0. The van der Waals surface area contributed by atoms with Gasteiger partial charge in [-0.1, -0.05) is 24.3 Å². The summed E-state index contributed by atoms with van der Waals surface area (Å²) in [6.45, 7) is 5.56. The molecule has 0 amide bonds. The van der Waals surface area contributed by atoms with Gasteiger partial charge in [-0.05, 0) is 17.2 Å². The van der Waals surface area contributed by atoms with Crippen molar-refractivity contribution in [2.45, 2.75) is 13.1 Å². The Labute approximate surface area is 125 Å². The van der Waals surface area contributed by atoms with Crippen LogP contribution in [-0.4, -0.2) is 41.0 Å². The Morgan fingerprint density at radius 2 is 1.57 bits per heavy atom. The molecular weight excluding hydrogens is 262 g/mol. The van der Waals surface area contributed by atoms with E-state index in [1.165, 1.54) is 11.1 Å². The van der Waals surface area contributed by atoms with Crippen LogP contribution >= 0.6 is 0 Å². The van der Waals surface area contributed by atoms with Crippen molar-refractivity contribution >= 4 is 5.95 Å². The van der Waals surface area contributed by atoms with E-state index in [-0.39, 0.29) is 0 Å². The van der Waals surface area contributed by atoms with Gasteiger partial charge in [0.15, 0.2) is 0 Å². The summed E-state index contributed by atoms with van der Waals surface area (Å²) in [5.74, 6) is 0.833. The van der Waals surface area contributed by atoms with E-state index >= 15 is 0 Å². The molecule has 1 aromatic carbocycles. The van der Waals surface area contributed by atoms with E-state index in [1.807, 2.05) is 6.07 Å². The number of nitrogens with zero attached hydrogens (tertiary/aromatic N) is 4. The lowest BCUT2D eigenvalue weighted by atomic mass is 10.1. The van der Waals surface area contributed by atoms with Crippen LogP contribution in [0, 0.1) is 0 Å². The van der Waals surface area contributed by atoms with E-state index in [4.69, 9.17) is 5.73 Å². The van der Waals surface area contributed by atoms with Gasteiger partial charge in [-0.3, -0.25) is 4.90 Å². The van der Waals surface area contributed by atoms with Crippen molar-refractivity contribution in [2.24, 2.45) is 5.73 Å². The number of nitrogens with two attached hydrogens (primary N) is 1. The third kappa shape index (κ3) is 3.37. The molecule has 1 aliphatic heterocycles. The molecule has 2 heterocycles. The quantitative estimate of drug-likeness (QED) is 0.915. The van der Waals surface area contributed by atoms with Crippen molar-refractivity contribution in [2.75, 3.05) is 31.1 Å². The molecule has 3 rings (SSSR count). The van der Waals surface area contributed by atoms with E-state index in [0.717, 1.165) is 38.7 Å². The van der Waals surface area contributed by atoms with E-state index < -0.39 is 0 Å². The van der Waals surface area contributed by atoms with E-state index in [0.29, 0.717) is 6.54 Å². The molecule has 1 saturated heterocycles. The highest BCUT2D eigenvalue weighted by atomic mass is 15.3. The van der Waals surface area contributed by atoms with Gasteiger partial charge in [-0.15, -0.1) is 0 Å². The van der Waals surface area contributed by atoms with Gasteiger partial charge < -0.3 is 10.6 Å². The summed E-state index contributed by atoms with van der Waals surface area (Å²) in [4.78, 5) is 13.3. The molecule has 2 aromatic rings. The first-order chi connectivity index (χ1) is 10.4. The fourth-order valence-electron chi connectivity index (χ4n) is 2.71. The highest BCUT2D eigenvalue weighted by molar-refractivity contribution is 5.30. The second-order valence-corrected chi connectivity index (χ2v) is 5.28. The van der Waals surface area contributed by atoms with Crippen LogP contribution in [0.25, 0.3) is 0 Å². The molecule has 0 radical (unpaired) electrons. The summed E-state index contributed by atoms with van der Waals surface area (Å²) in [7, 11) is 0. The van der Waals surface area contributed by atoms with Crippen molar-refractivity contribution in [3.8, 4) is 0 Å². The lowest BCUT2D eigenvalue weighted by Crippen LogP contribution is -2.46. The average molecular weight is 283 g/mol. The number of rotatable bonds is 4. The molecule has 1 aromatic heterocycles. The van der Waals surface area contributed by atoms with Gasteiger partial charge in [0.25, 0.3) is 0 Å². The molecule has 0 atom stereocenters. The summed E-state index contributed by atoms with van der Waals surface area (Å²) in [6.07, 6.45) is 3.60. The van der Waals surface area contributed by atoms with Crippen LogP contribution in [0.2, 0.25) is 0 Å². The minimum Gasteiger partial charge on any atom is -0.338 e. The molecule has 0 aliphatic carbocycles. The number of piperazine rings is 1. The Balaban J connectivity index is 1.59. The minimum absolute atomic E-state index is 0.605. The smallest absolute Gasteiger partial charge is 0.225 e. The lowest BCUT2D eigenvalue weighted by Gasteiger charge is -2.34. The lowest BCUT2D eigenvalue weighted by molar-refractivity contribution is 0.248. The zero-order valence-corrected chi connectivity index (χ0v) is 12.2. The molecule has 5 heteroatoms. The van der Waals surface area contributed by atoms with Crippen LogP contribution in [-0.2, 0) is 13.1 Å². The Morgan fingerprint density at radius 3 is 2.24 bits per heavy atom. The first-order valence-corrected chi connectivity index (χ1v) is 7.38. The normalized spacial score (nSPS) is 16.1. The number of anilines is 1. The number of hydrogen-bond donors (Lipinski definition) is 1. The van der Waals surface area contributed by atoms with Crippen molar-refractivity contribution in [3.05, 3.63) is 53.9 Å². The third-order valence-electron chi connectivity index (χ3n) is 3.94. The van der Waals surface area contributed by atoms with E-state index in [2.05, 4.69) is 44.0 Å². The fraction of sp³-hybridized carbons (Fsp3) is 0.375. The molecule has 21 heavy (non-hydrogen) atoms. The number of hydrogen-bond acceptors (Lipinski definition) is 5. The van der Waals surface area contributed by atoms with Gasteiger partial charge in [0.05, 0.1) is 0 Å². The van der Waals surface area contributed by atoms with Gasteiger partial charge in [0, 0.05) is 51.7 Å². The van der Waals surface area contributed by atoms with Crippen molar-refractivity contribution in [1.29, 1.82) is 0 Å². The van der Waals surface area contributed by atoms with Crippen molar-refractivity contribution in [3.63, 3.8) is 0 Å². The second-order valence-electron chi connectivity index (χ2n) is 5.28. The summed E-state index contributed by atoms with van der Waals surface area (Å²) in [6, 6.07) is 10.3. The third-order valence-corrected chi connectivity index (χ3v) is 3.94. The Hall–Kier alpha value is -1.98. The molecule has 2 N–H and O–H groups in total. The molecule has 0 saturated carbocycles. The molecule has 0 unspecified atom stereocenters. The van der Waals surface area contributed by atoms with Crippen molar-refractivity contribution in [1.82, 2.24) is 14.9 Å². The predicted octanol–water partition coefficient (Wildman–Crippen LogP) is 1.26. The Bertz CT molecular complexity index is 564. The largest absolute Gasteiger partial charge is 0.338 e. The molecule has 1 aliphatic rings. The highest BCUT2D eigenvalue weighted by Crippen LogP contribution is 2.15. The zero-order chi connectivity index (χ0) is 14.5. The summed E-state index contributed by atoms with van der Waals surface area (Å²) < 4.78 is 0. The fourth-order valence-corrected chi connectivity index (χ4v) is 2.71.